The first-order valence-corrected chi connectivity index (χ1v) is 11.3. The normalized spacial score (nSPS) is 17.5. The summed E-state index contributed by atoms with van der Waals surface area (Å²) in [6.45, 7) is 8.77. The lowest BCUT2D eigenvalue weighted by molar-refractivity contribution is -0.139. The van der Waals surface area contributed by atoms with E-state index >= 15 is 0 Å². The summed E-state index contributed by atoms with van der Waals surface area (Å²) in [6.07, 6.45) is 1.55. The van der Waals surface area contributed by atoms with Gasteiger partial charge in [0.15, 0.2) is 11.5 Å². The highest BCUT2D eigenvalue weighted by Gasteiger charge is 2.46. The zero-order valence-electron chi connectivity index (χ0n) is 19.6. The Morgan fingerprint density at radius 3 is 2.33 bits per heavy atom. The van der Waals surface area contributed by atoms with E-state index in [0.29, 0.717) is 43.1 Å². The number of Topliss-reactive ketones (excluding diaryl/α,β-unsaturated/α-hetero) is 1. The summed E-state index contributed by atoms with van der Waals surface area (Å²) in [5.41, 5.74) is 1.84. The van der Waals surface area contributed by atoms with Gasteiger partial charge in [-0.25, -0.2) is 0 Å². The van der Waals surface area contributed by atoms with Crippen LogP contribution in [0.5, 0.6) is 17.2 Å². The van der Waals surface area contributed by atoms with Crippen molar-refractivity contribution in [3.8, 4) is 17.2 Å². The van der Waals surface area contributed by atoms with E-state index in [1.165, 1.54) is 11.0 Å². The SMILES string of the molecule is CCCCN1C(=O)C(=O)/C(=C(\O)c2ccc(OCC)c(C)c2)C1c1ccc(O)c(OCC)c1. The van der Waals surface area contributed by atoms with Crippen LogP contribution in [0.15, 0.2) is 42.0 Å². The van der Waals surface area contributed by atoms with E-state index in [2.05, 4.69) is 0 Å². The lowest BCUT2D eigenvalue weighted by Gasteiger charge is -2.25. The van der Waals surface area contributed by atoms with Gasteiger partial charge in [0.25, 0.3) is 11.7 Å². The average Bonchev–Trinajstić information content (AvgIpc) is 3.05. The van der Waals surface area contributed by atoms with Crippen LogP contribution >= 0.6 is 0 Å². The molecule has 7 nitrogen and oxygen atoms in total. The number of aliphatic hydroxyl groups is 1. The smallest absolute Gasteiger partial charge is 0.295 e. The molecule has 1 aliphatic rings. The minimum Gasteiger partial charge on any atom is -0.507 e. The van der Waals surface area contributed by atoms with Crippen molar-refractivity contribution < 1.29 is 29.3 Å². The van der Waals surface area contributed by atoms with Gasteiger partial charge in [-0.2, -0.15) is 0 Å². The zero-order valence-corrected chi connectivity index (χ0v) is 19.6. The maximum Gasteiger partial charge on any atom is 0.295 e. The Labute approximate surface area is 194 Å². The number of likely N-dealkylation sites (tertiary alicyclic amines) is 1. The van der Waals surface area contributed by atoms with Gasteiger partial charge in [-0.3, -0.25) is 9.59 Å². The summed E-state index contributed by atoms with van der Waals surface area (Å²) in [5, 5.41) is 21.3. The summed E-state index contributed by atoms with van der Waals surface area (Å²) in [5.74, 6) is -0.709. The number of unbranched alkanes of at least 4 members (excludes halogenated alkanes) is 1. The Hall–Kier alpha value is -3.48. The van der Waals surface area contributed by atoms with Crippen molar-refractivity contribution in [1.29, 1.82) is 0 Å². The van der Waals surface area contributed by atoms with Crippen LogP contribution in [-0.2, 0) is 9.59 Å². The molecule has 3 rings (SSSR count). The van der Waals surface area contributed by atoms with Gasteiger partial charge < -0.3 is 24.6 Å². The molecule has 0 saturated carbocycles. The number of aryl methyl sites for hydroxylation is 1. The molecule has 0 aliphatic carbocycles. The van der Waals surface area contributed by atoms with Crippen LogP contribution in [0.2, 0.25) is 0 Å². The number of carbonyl (C=O) groups excluding carboxylic acids is 2. The fourth-order valence-corrected chi connectivity index (χ4v) is 4.03. The number of phenols is 1. The van der Waals surface area contributed by atoms with Gasteiger partial charge in [0, 0.05) is 12.1 Å². The van der Waals surface area contributed by atoms with Crippen molar-refractivity contribution in [3.63, 3.8) is 0 Å². The van der Waals surface area contributed by atoms with Crippen molar-refractivity contribution in [1.82, 2.24) is 4.90 Å². The molecule has 2 aromatic carbocycles. The Morgan fingerprint density at radius 1 is 1.00 bits per heavy atom. The number of aromatic hydroxyl groups is 1. The molecular weight excluding hydrogens is 422 g/mol. The molecule has 0 aromatic heterocycles. The number of ether oxygens (including phenoxy) is 2. The fraction of sp³-hybridized carbons (Fsp3) is 0.385. The van der Waals surface area contributed by atoms with E-state index < -0.39 is 17.7 Å². The molecular formula is C26H31NO6. The number of hydrogen-bond acceptors (Lipinski definition) is 6. The van der Waals surface area contributed by atoms with Gasteiger partial charge >= 0.3 is 0 Å². The summed E-state index contributed by atoms with van der Waals surface area (Å²) < 4.78 is 11.1. The molecule has 1 fully saturated rings. The fourth-order valence-electron chi connectivity index (χ4n) is 4.03. The molecule has 33 heavy (non-hydrogen) atoms. The third-order valence-electron chi connectivity index (χ3n) is 5.64. The van der Waals surface area contributed by atoms with Crippen LogP contribution in [0, 0.1) is 6.92 Å². The summed E-state index contributed by atoms with van der Waals surface area (Å²) in [7, 11) is 0. The third-order valence-corrected chi connectivity index (χ3v) is 5.64. The number of rotatable bonds is 9. The summed E-state index contributed by atoms with van der Waals surface area (Å²) in [6, 6.07) is 9.09. The minimum atomic E-state index is -0.789. The van der Waals surface area contributed by atoms with Gasteiger partial charge in [-0.15, -0.1) is 0 Å². The van der Waals surface area contributed by atoms with Crippen LogP contribution in [0.4, 0.5) is 0 Å². The van der Waals surface area contributed by atoms with Crippen LogP contribution in [0.3, 0.4) is 0 Å². The largest absolute Gasteiger partial charge is 0.507 e. The Morgan fingerprint density at radius 2 is 1.70 bits per heavy atom. The highest BCUT2D eigenvalue weighted by molar-refractivity contribution is 6.46. The van der Waals surface area contributed by atoms with Crippen molar-refractivity contribution in [2.24, 2.45) is 0 Å². The number of hydrogen-bond donors (Lipinski definition) is 2. The lowest BCUT2D eigenvalue weighted by atomic mass is 9.94. The van der Waals surface area contributed by atoms with Crippen LogP contribution in [0.25, 0.3) is 5.76 Å². The van der Waals surface area contributed by atoms with E-state index in [4.69, 9.17) is 9.47 Å². The van der Waals surface area contributed by atoms with Crippen molar-refractivity contribution in [3.05, 3.63) is 58.7 Å². The average molecular weight is 454 g/mol. The Balaban J connectivity index is 2.16. The second kappa shape index (κ2) is 10.4. The minimum absolute atomic E-state index is 0.0211. The molecule has 1 unspecified atom stereocenters. The number of amides is 1. The molecule has 0 spiro atoms. The summed E-state index contributed by atoms with van der Waals surface area (Å²) >= 11 is 0. The molecule has 0 radical (unpaired) electrons. The molecule has 7 heteroatoms. The van der Waals surface area contributed by atoms with Gasteiger partial charge in [0.1, 0.15) is 11.5 Å². The van der Waals surface area contributed by atoms with E-state index in [1.807, 2.05) is 20.8 Å². The molecule has 0 bridgehead atoms. The molecule has 176 valence electrons. The van der Waals surface area contributed by atoms with Gasteiger partial charge in [0.05, 0.1) is 24.8 Å². The lowest BCUT2D eigenvalue weighted by Crippen LogP contribution is -2.30. The highest BCUT2D eigenvalue weighted by atomic mass is 16.5. The molecule has 1 heterocycles. The predicted octanol–water partition coefficient (Wildman–Crippen LogP) is 4.72. The second-order valence-corrected chi connectivity index (χ2v) is 7.92. The first kappa shape index (κ1) is 24.2. The molecule has 2 aromatic rings. The molecule has 1 amide bonds. The van der Waals surface area contributed by atoms with Gasteiger partial charge in [-0.1, -0.05) is 19.4 Å². The van der Waals surface area contributed by atoms with Gasteiger partial charge in [0.2, 0.25) is 0 Å². The van der Waals surface area contributed by atoms with E-state index in [-0.39, 0.29) is 22.8 Å². The molecule has 1 saturated heterocycles. The quantitative estimate of drug-likeness (QED) is 0.324. The van der Waals surface area contributed by atoms with Crippen molar-refractivity contribution >= 4 is 17.4 Å². The highest BCUT2D eigenvalue weighted by Crippen LogP contribution is 2.42. The van der Waals surface area contributed by atoms with Gasteiger partial charge in [-0.05, 0) is 68.7 Å². The van der Waals surface area contributed by atoms with Crippen LogP contribution in [0.1, 0.15) is 56.3 Å². The first-order valence-electron chi connectivity index (χ1n) is 11.3. The van der Waals surface area contributed by atoms with Crippen molar-refractivity contribution in [2.75, 3.05) is 19.8 Å². The third kappa shape index (κ3) is 4.82. The maximum absolute atomic E-state index is 13.1. The van der Waals surface area contributed by atoms with Crippen molar-refractivity contribution in [2.45, 2.75) is 46.6 Å². The maximum atomic E-state index is 13.1. The molecule has 2 N–H and O–H groups in total. The van der Waals surface area contributed by atoms with Crippen LogP contribution < -0.4 is 9.47 Å². The molecule has 1 aliphatic heterocycles. The number of nitrogens with zero attached hydrogens (tertiary/aromatic N) is 1. The number of carbonyl (C=O) groups is 2. The number of ketones is 1. The summed E-state index contributed by atoms with van der Waals surface area (Å²) in [4.78, 5) is 27.5. The Kier molecular flexibility index (Phi) is 7.63. The topological polar surface area (TPSA) is 96.3 Å². The predicted molar refractivity (Wildman–Crippen MR) is 126 cm³/mol. The van der Waals surface area contributed by atoms with E-state index in [9.17, 15) is 19.8 Å². The standard InChI is InChI=1S/C26H31NO6/c1-5-8-13-27-23(17-9-11-19(28)21(15-17)33-7-3)22(25(30)26(27)31)24(29)18-10-12-20(32-6-2)16(4)14-18/h9-12,14-15,23,28-29H,5-8,13H2,1-4H3/b24-22-. The van der Waals surface area contributed by atoms with Crippen LogP contribution in [-0.4, -0.2) is 46.6 Å². The number of benzene rings is 2. The zero-order chi connectivity index (χ0) is 24.1. The molecule has 1 atom stereocenters. The van der Waals surface area contributed by atoms with E-state index in [0.717, 1.165) is 12.0 Å². The monoisotopic (exact) mass is 453 g/mol. The first-order chi connectivity index (χ1) is 15.8. The van der Waals surface area contributed by atoms with E-state index in [1.54, 1.807) is 37.3 Å². The Bertz CT molecular complexity index is 1070. The number of aliphatic hydroxyl groups excluding tert-OH is 1. The second-order valence-electron chi connectivity index (χ2n) is 7.92. The number of phenolic OH excluding ortho intramolecular Hbond substituents is 1.